The van der Waals surface area contributed by atoms with Crippen molar-refractivity contribution in [2.45, 2.75) is 51.4 Å². The highest BCUT2D eigenvalue weighted by Gasteiger charge is 2.37. The largest absolute Gasteiger partial charge is 0.293 e. The van der Waals surface area contributed by atoms with Gasteiger partial charge < -0.3 is 0 Å². The number of carbonyl (C=O) groups is 1. The zero-order valence-corrected chi connectivity index (χ0v) is 12.4. The van der Waals surface area contributed by atoms with Crippen molar-refractivity contribution in [1.29, 1.82) is 0 Å². The lowest BCUT2D eigenvalue weighted by Gasteiger charge is -2.42. The van der Waals surface area contributed by atoms with Crippen LogP contribution in [0.1, 0.15) is 62.0 Å². The maximum Gasteiger partial charge on any atom is 0.177 e. The van der Waals surface area contributed by atoms with Crippen LogP contribution in [-0.2, 0) is 10.8 Å². The van der Waals surface area contributed by atoms with E-state index in [0.717, 1.165) is 12.0 Å². The number of hydrogen-bond acceptors (Lipinski definition) is 1. The van der Waals surface area contributed by atoms with Crippen LogP contribution in [0.15, 0.2) is 18.2 Å². The van der Waals surface area contributed by atoms with Crippen molar-refractivity contribution >= 4 is 17.4 Å². The van der Waals surface area contributed by atoms with Gasteiger partial charge in [0.1, 0.15) is 0 Å². The minimum absolute atomic E-state index is 0.0126. The first kappa shape index (κ1) is 13.6. The Hall–Kier alpha value is -0.820. The van der Waals surface area contributed by atoms with Crippen LogP contribution in [-0.4, -0.2) is 11.7 Å². The lowest BCUT2D eigenvalue weighted by Crippen LogP contribution is -2.34. The van der Waals surface area contributed by atoms with Crippen LogP contribution in [0.4, 0.5) is 0 Å². The number of halogens is 1. The first-order chi connectivity index (χ1) is 8.28. The summed E-state index contributed by atoms with van der Waals surface area (Å²) in [6.07, 6.45) is 2.35. The molecule has 1 nitrogen and oxygen atoms in total. The third-order valence-electron chi connectivity index (χ3n) is 4.30. The van der Waals surface area contributed by atoms with Gasteiger partial charge in [0.15, 0.2) is 5.78 Å². The van der Waals surface area contributed by atoms with Gasteiger partial charge in [-0.3, -0.25) is 4.79 Å². The van der Waals surface area contributed by atoms with E-state index in [4.69, 9.17) is 11.6 Å². The summed E-state index contributed by atoms with van der Waals surface area (Å²) in [5.41, 5.74) is 3.79. The number of Topliss-reactive ketones (excluding diaryl/α,β-unsaturated/α-hetero) is 1. The molecule has 1 aliphatic carbocycles. The molecule has 98 valence electrons. The molecule has 0 aromatic heterocycles. The average molecular weight is 265 g/mol. The minimum Gasteiger partial charge on any atom is -0.293 e. The van der Waals surface area contributed by atoms with Gasteiger partial charge in [-0.15, -0.1) is 11.6 Å². The number of benzene rings is 1. The zero-order valence-electron chi connectivity index (χ0n) is 11.6. The molecule has 2 heteroatoms. The Balaban J connectivity index is 2.58. The van der Waals surface area contributed by atoms with E-state index < -0.39 is 0 Å². The van der Waals surface area contributed by atoms with Crippen LogP contribution < -0.4 is 0 Å². The average Bonchev–Trinajstić information content (AvgIpc) is 2.34. The highest BCUT2D eigenvalue weighted by Crippen LogP contribution is 2.45. The molecule has 1 aliphatic rings. The molecular formula is C16H21ClO. The SMILES string of the molecule is CC1(C)CCC(C)(C)c2cc(C(=O)CCl)ccc21. The van der Waals surface area contributed by atoms with Crippen LogP contribution in [0.3, 0.4) is 0 Å². The second kappa shape index (κ2) is 4.38. The van der Waals surface area contributed by atoms with E-state index in [1.165, 1.54) is 17.5 Å². The molecule has 0 saturated carbocycles. The van der Waals surface area contributed by atoms with Gasteiger partial charge in [0.25, 0.3) is 0 Å². The molecule has 0 unspecified atom stereocenters. The molecule has 0 amide bonds. The Kier molecular flexibility index (Phi) is 3.31. The molecular weight excluding hydrogens is 244 g/mol. The van der Waals surface area contributed by atoms with Crippen LogP contribution in [0, 0.1) is 0 Å². The Morgan fingerprint density at radius 3 is 2.22 bits per heavy atom. The van der Waals surface area contributed by atoms with E-state index in [1.54, 1.807) is 0 Å². The predicted octanol–water partition coefficient (Wildman–Crippen LogP) is 4.46. The molecule has 0 bridgehead atoms. The molecule has 0 radical (unpaired) electrons. The van der Waals surface area contributed by atoms with Crippen molar-refractivity contribution in [1.82, 2.24) is 0 Å². The number of alkyl halides is 1. The number of fused-ring (bicyclic) bond motifs is 1. The molecule has 1 aromatic rings. The molecule has 0 fully saturated rings. The highest BCUT2D eigenvalue weighted by molar-refractivity contribution is 6.30. The maximum absolute atomic E-state index is 11.7. The van der Waals surface area contributed by atoms with E-state index in [1.807, 2.05) is 6.07 Å². The number of ketones is 1. The molecule has 0 N–H and O–H groups in total. The van der Waals surface area contributed by atoms with Gasteiger partial charge >= 0.3 is 0 Å². The van der Waals surface area contributed by atoms with Gasteiger partial charge in [-0.2, -0.15) is 0 Å². The summed E-state index contributed by atoms with van der Waals surface area (Å²) in [6, 6.07) is 6.10. The standard InChI is InChI=1S/C16H21ClO/c1-15(2)7-8-16(3,4)13-9-11(14(18)10-17)5-6-12(13)15/h5-6,9H,7-8,10H2,1-4H3. The molecule has 0 spiro atoms. The van der Waals surface area contributed by atoms with Gasteiger partial charge in [0, 0.05) is 5.56 Å². The van der Waals surface area contributed by atoms with Crippen molar-refractivity contribution in [3.05, 3.63) is 34.9 Å². The second-order valence-electron chi connectivity index (χ2n) is 6.58. The van der Waals surface area contributed by atoms with Gasteiger partial charge in [-0.05, 0) is 40.9 Å². The topological polar surface area (TPSA) is 17.1 Å². The smallest absolute Gasteiger partial charge is 0.177 e. The molecule has 0 saturated heterocycles. The molecule has 1 aromatic carbocycles. The van der Waals surface area contributed by atoms with Gasteiger partial charge in [0.2, 0.25) is 0 Å². The van der Waals surface area contributed by atoms with Gasteiger partial charge in [0.05, 0.1) is 5.88 Å². The van der Waals surface area contributed by atoms with E-state index in [-0.39, 0.29) is 22.5 Å². The maximum atomic E-state index is 11.7. The van der Waals surface area contributed by atoms with E-state index in [0.29, 0.717) is 0 Å². The zero-order chi connectivity index (χ0) is 13.6. The van der Waals surface area contributed by atoms with Gasteiger partial charge in [-0.25, -0.2) is 0 Å². The second-order valence-corrected chi connectivity index (χ2v) is 6.85. The first-order valence-corrected chi connectivity index (χ1v) is 7.05. The lowest BCUT2D eigenvalue weighted by molar-refractivity contribution is 0.102. The summed E-state index contributed by atoms with van der Waals surface area (Å²) in [4.78, 5) is 11.7. The molecule has 18 heavy (non-hydrogen) atoms. The van der Waals surface area contributed by atoms with E-state index in [2.05, 4.69) is 39.8 Å². The third-order valence-corrected chi connectivity index (χ3v) is 4.54. The summed E-state index contributed by atoms with van der Waals surface area (Å²) < 4.78 is 0. The molecule has 0 aliphatic heterocycles. The summed E-state index contributed by atoms with van der Waals surface area (Å²) >= 11 is 5.65. The molecule has 0 heterocycles. The quantitative estimate of drug-likeness (QED) is 0.569. The minimum atomic E-state index is 0.0126. The van der Waals surface area contributed by atoms with Crippen LogP contribution in [0.5, 0.6) is 0 Å². The van der Waals surface area contributed by atoms with Crippen molar-refractivity contribution < 1.29 is 4.79 Å². The number of rotatable bonds is 2. The molecule has 2 rings (SSSR count). The third kappa shape index (κ3) is 2.21. The molecule has 0 atom stereocenters. The van der Waals surface area contributed by atoms with Gasteiger partial charge in [-0.1, -0.05) is 39.8 Å². The fraction of sp³-hybridized carbons (Fsp3) is 0.562. The Labute approximate surface area is 115 Å². The lowest BCUT2D eigenvalue weighted by atomic mass is 9.63. The monoisotopic (exact) mass is 264 g/mol. The normalized spacial score (nSPS) is 20.3. The van der Waals surface area contributed by atoms with Crippen LogP contribution in [0.25, 0.3) is 0 Å². The fourth-order valence-corrected chi connectivity index (χ4v) is 2.99. The van der Waals surface area contributed by atoms with Crippen molar-refractivity contribution in [2.75, 3.05) is 5.88 Å². The predicted molar refractivity (Wildman–Crippen MR) is 76.8 cm³/mol. The van der Waals surface area contributed by atoms with Crippen molar-refractivity contribution in [3.63, 3.8) is 0 Å². The van der Waals surface area contributed by atoms with E-state index >= 15 is 0 Å². The number of carbonyl (C=O) groups excluding carboxylic acids is 1. The highest BCUT2D eigenvalue weighted by atomic mass is 35.5. The van der Waals surface area contributed by atoms with Crippen molar-refractivity contribution in [3.8, 4) is 0 Å². The van der Waals surface area contributed by atoms with Crippen LogP contribution >= 0.6 is 11.6 Å². The first-order valence-electron chi connectivity index (χ1n) is 6.52. The summed E-state index contributed by atoms with van der Waals surface area (Å²) in [5, 5.41) is 0. The summed E-state index contributed by atoms with van der Waals surface area (Å²) in [7, 11) is 0. The Morgan fingerprint density at radius 2 is 1.67 bits per heavy atom. The van der Waals surface area contributed by atoms with Crippen LogP contribution in [0.2, 0.25) is 0 Å². The number of hydrogen-bond donors (Lipinski definition) is 0. The fourth-order valence-electron chi connectivity index (χ4n) is 2.84. The summed E-state index contributed by atoms with van der Waals surface area (Å²) in [5.74, 6) is 0.0708. The van der Waals surface area contributed by atoms with E-state index in [9.17, 15) is 4.79 Å². The summed E-state index contributed by atoms with van der Waals surface area (Å²) in [6.45, 7) is 9.08. The Bertz CT molecular complexity index is 486. The van der Waals surface area contributed by atoms with Crippen molar-refractivity contribution in [2.24, 2.45) is 0 Å². The Morgan fingerprint density at radius 1 is 1.11 bits per heavy atom.